The van der Waals surface area contributed by atoms with Gasteiger partial charge in [-0.25, -0.2) is 0 Å². The summed E-state index contributed by atoms with van der Waals surface area (Å²) in [6, 6.07) is 8.13. The van der Waals surface area contributed by atoms with E-state index in [9.17, 15) is 0 Å². The van der Waals surface area contributed by atoms with Crippen molar-refractivity contribution in [1.82, 2.24) is 4.57 Å². The molecule has 1 fully saturated rings. The molecule has 0 atom stereocenters. The summed E-state index contributed by atoms with van der Waals surface area (Å²) >= 11 is 0. The molecule has 3 rings (SSSR count). The summed E-state index contributed by atoms with van der Waals surface area (Å²) in [6.07, 6.45) is 0. The number of ether oxygens (including phenoxy) is 1. The largest absolute Gasteiger partial charge is 0.512 e. The Morgan fingerprint density at radius 3 is 2.29 bits per heavy atom. The van der Waals surface area contributed by atoms with E-state index in [0.717, 1.165) is 22.2 Å². The van der Waals surface area contributed by atoms with Gasteiger partial charge in [0.15, 0.2) is 0 Å². The van der Waals surface area contributed by atoms with Gasteiger partial charge in [0.25, 0.3) is 0 Å². The second-order valence-corrected chi connectivity index (χ2v) is 6.61. The Kier molecular flexibility index (Phi) is 3.12. The van der Waals surface area contributed by atoms with Gasteiger partial charge in [0, 0.05) is 18.0 Å². The third-order valence-electron chi connectivity index (χ3n) is 4.80. The van der Waals surface area contributed by atoms with Gasteiger partial charge in [0.05, 0.1) is 23.8 Å². The van der Waals surface area contributed by atoms with E-state index < -0.39 is 0 Å². The second-order valence-electron chi connectivity index (χ2n) is 6.61. The number of nitrogens with zero attached hydrogens (tertiary/aromatic N) is 1. The van der Waals surface area contributed by atoms with Gasteiger partial charge in [0.2, 0.25) is 0 Å². The van der Waals surface area contributed by atoms with Crippen LogP contribution in [0.5, 0.6) is 5.75 Å². The van der Waals surface area contributed by atoms with Crippen LogP contribution in [0.1, 0.15) is 27.7 Å². The first kappa shape index (κ1) is 14.5. The van der Waals surface area contributed by atoms with Crippen LogP contribution in [0, 0.1) is 0 Å². The Bertz CT molecular complexity index is 674. The van der Waals surface area contributed by atoms with Crippen LogP contribution in [0.15, 0.2) is 24.3 Å². The van der Waals surface area contributed by atoms with E-state index in [-0.39, 0.29) is 18.3 Å². The molecule has 112 valence electrons. The Balaban J connectivity index is 2.09. The van der Waals surface area contributed by atoms with Crippen molar-refractivity contribution in [2.45, 2.75) is 38.9 Å². The Morgan fingerprint density at radius 1 is 1.10 bits per heavy atom. The molecular formula is C16H22BNO3. The summed E-state index contributed by atoms with van der Waals surface area (Å²) in [6.45, 7) is 8.26. The predicted molar refractivity (Wildman–Crippen MR) is 85.2 cm³/mol. The quantitative estimate of drug-likeness (QED) is 0.795. The summed E-state index contributed by atoms with van der Waals surface area (Å²) in [4.78, 5) is 0. The molecule has 0 N–H and O–H groups in total. The van der Waals surface area contributed by atoms with Gasteiger partial charge in [-0.05, 0) is 45.9 Å². The highest BCUT2D eigenvalue weighted by atomic mass is 16.7. The molecule has 1 aliphatic rings. The molecule has 1 aromatic heterocycles. The molecule has 0 spiro atoms. The van der Waals surface area contributed by atoms with Crippen molar-refractivity contribution >= 4 is 23.6 Å². The second kappa shape index (κ2) is 4.52. The monoisotopic (exact) mass is 287 g/mol. The first-order valence-electron chi connectivity index (χ1n) is 7.25. The minimum atomic E-state index is -0.364. The van der Waals surface area contributed by atoms with E-state index in [4.69, 9.17) is 14.0 Å². The molecule has 2 aromatic rings. The van der Waals surface area contributed by atoms with E-state index in [1.807, 2.05) is 19.2 Å². The maximum Gasteiger partial charge on any atom is 0.512 e. The highest BCUT2D eigenvalue weighted by Gasteiger charge is 2.52. The van der Waals surface area contributed by atoms with Crippen molar-refractivity contribution in [2.24, 2.45) is 7.05 Å². The van der Waals surface area contributed by atoms with Gasteiger partial charge in [-0.15, -0.1) is 0 Å². The first-order valence-corrected chi connectivity index (χ1v) is 7.25. The van der Waals surface area contributed by atoms with Crippen LogP contribution in [0.4, 0.5) is 0 Å². The SMILES string of the molecule is COc1cccc2c1cc(B1OC(C)(C)C(C)(C)O1)n2C. The molecule has 0 aliphatic carbocycles. The number of aromatic nitrogens is 1. The number of aryl methyl sites for hydroxylation is 1. The highest BCUT2D eigenvalue weighted by Crippen LogP contribution is 2.37. The van der Waals surface area contributed by atoms with Crippen molar-refractivity contribution in [2.75, 3.05) is 7.11 Å². The van der Waals surface area contributed by atoms with Gasteiger partial charge in [-0.2, -0.15) is 0 Å². The lowest BCUT2D eigenvalue weighted by Gasteiger charge is -2.32. The number of hydrogen-bond donors (Lipinski definition) is 0. The fourth-order valence-electron chi connectivity index (χ4n) is 2.72. The van der Waals surface area contributed by atoms with Crippen molar-refractivity contribution in [3.63, 3.8) is 0 Å². The summed E-state index contributed by atoms with van der Waals surface area (Å²) in [5.74, 6) is 0.867. The van der Waals surface area contributed by atoms with E-state index in [1.165, 1.54) is 0 Å². The third kappa shape index (κ3) is 2.07. The molecule has 1 saturated heterocycles. The van der Waals surface area contributed by atoms with Crippen molar-refractivity contribution in [3.8, 4) is 5.75 Å². The number of rotatable bonds is 2. The molecule has 1 aliphatic heterocycles. The van der Waals surface area contributed by atoms with Crippen LogP contribution >= 0.6 is 0 Å². The predicted octanol–water partition coefficient (Wildman–Crippen LogP) is 2.49. The fraction of sp³-hybridized carbons (Fsp3) is 0.500. The first-order chi connectivity index (χ1) is 9.77. The lowest BCUT2D eigenvalue weighted by atomic mass is 9.84. The molecule has 0 amide bonds. The van der Waals surface area contributed by atoms with Gasteiger partial charge in [0.1, 0.15) is 5.75 Å². The highest BCUT2D eigenvalue weighted by molar-refractivity contribution is 6.62. The molecule has 0 unspecified atom stereocenters. The van der Waals surface area contributed by atoms with Gasteiger partial charge < -0.3 is 18.6 Å². The summed E-state index contributed by atoms with van der Waals surface area (Å²) in [5.41, 5.74) is 1.45. The minimum absolute atomic E-state index is 0.335. The molecule has 0 saturated carbocycles. The van der Waals surface area contributed by atoms with E-state index in [0.29, 0.717) is 0 Å². The zero-order valence-electron chi connectivity index (χ0n) is 13.6. The van der Waals surface area contributed by atoms with Crippen LogP contribution in [-0.2, 0) is 16.4 Å². The average Bonchev–Trinajstić information content (AvgIpc) is 2.84. The number of hydrogen-bond acceptors (Lipinski definition) is 3. The molecule has 2 heterocycles. The number of benzene rings is 1. The topological polar surface area (TPSA) is 32.6 Å². The zero-order valence-corrected chi connectivity index (χ0v) is 13.6. The smallest absolute Gasteiger partial charge is 0.496 e. The summed E-state index contributed by atoms with van der Waals surface area (Å²) < 4.78 is 19.9. The van der Waals surface area contributed by atoms with Crippen LogP contribution in [0.2, 0.25) is 0 Å². The molecule has 0 bridgehead atoms. The minimum Gasteiger partial charge on any atom is -0.496 e. The Hall–Kier alpha value is -1.46. The summed E-state index contributed by atoms with van der Waals surface area (Å²) in [5, 5.41) is 1.08. The van der Waals surface area contributed by atoms with Crippen molar-refractivity contribution in [3.05, 3.63) is 24.3 Å². The molecule has 4 nitrogen and oxygen atoms in total. The van der Waals surface area contributed by atoms with Gasteiger partial charge in [-0.3, -0.25) is 0 Å². The maximum absolute atomic E-state index is 6.15. The molecule has 1 aromatic carbocycles. The van der Waals surface area contributed by atoms with Gasteiger partial charge >= 0.3 is 7.12 Å². The zero-order chi connectivity index (χ0) is 15.4. The lowest BCUT2D eigenvalue weighted by Crippen LogP contribution is -2.41. The average molecular weight is 287 g/mol. The third-order valence-corrected chi connectivity index (χ3v) is 4.80. The lowest BCUT2D eigenvalue weighted by molar-refractivity contribution is 0.00578. The van der Waals surface area contributed by atoms with E-state index in [2.05, 4.69) is 44.4 Å². The van der Waals surface area contributed by atoms with Crippen LogP contribution in [0.3, 0.4) is 0 Å². The maximum atomic E-state index is 6.15. The number of fused-ring (bicyclic) bond motifs is 1. The van der Waals surface area contributed by atoms with Crippen LogP contribution in [-0.4, -0.2) is 30.0 Å². The number of methoxy groups -OCH3 is 1. The van der Waals surface area contributed by atoms with E-state index in [1.54, 1.807) is 7.11 Å². The molecule has 21 heavy (non-hydrogen) atoms. The molecule has 5 heteroatoms. The van der Waals surface area contributed by atoms with Crippen LogP contribution < -0.4 is 10.3 Å². The molecular weight excluding hydrogens is 265 g/mol. The standard InChI is InChI=1S/C16H22BNO3/c1-15(2)16(3,4)21-17(20-15)14-10-11-12(18(14)5)8-7-9-13(11)19-6/h7-10H,1-6H3. The fourth-order valence-corrected chi connectivity index (χ4v) is 2.72. The Labute approximate surface area is 126 Å². The summed E-state index contributed by atoms with van der Waals surface area (Å²) in [7, 11) is 3.36. The Morgan fingerprint density at radius 2 is 1.71 bits per heavy atom. The van der Waals surface area contributed by atoms with E-state index >= 15 is 0 Å². The van der Waals surface area contributed by atoms with Crippen LogP contribution in [0.25, 0.3) is 10.9 Å². The molecule has 0 radical (unpaired) electrons. The van der Waals surface area contributed by atoms with Crippen molar-refractivity contribution in [1.29, 1.82) is 0 Å². The van der Waals surface area contributed by atoms with Crippen molar-refractivity contribution < 1.29 is 14.0 Å². The normalized spacial score (nSPS) is 20.2. The van der Waals surface area contributed by atoms with Gasteiger partial charge in [-0.1, -0.05) is 6.07 Å².